The Bertz CT molecular complexity index is 1140. The van der Waals surface area contributed by atoms with Crippen molar-refractivity contribution in [3.05, 3.63) is 48.3 Å². The van der Waals surface area contributed by atoms with Gasteiger partial charge in [-0.05, 0) is 43.1 Å². The molecule has 0 atom stereocenters. The molecule has 0 radical (unpaired) electrons. The minimum Gasteiger partial charge on any atom is -0.504 e. The lowest BCUT2D eigenvalue weighted by molar-refractivity contribution is 0.221. The van der Waals surface area contributed by atoms with Crippen LogP contribution in [0.15, 0.2) is 42.7 Å². The zero-order valence-electron chi connectivity index (χ0n) is 15.7. The largest absolute Gasteiger partial charge is 0.504 e. The monoisotopic (exact) mass is 373 g/mol. The van der Waals surface area contributed by atoms with Crippen LogP contribution in [0.2, 0.25) is 0 Å². The number of likely N-dealkylation sites (tertiary alicyclic amines) is 1. The number of H-pyrrole nitrogens is 1. The van der Waals surface area contributed by atoms with Gasteiger partial charge in [0, 0.05) is 23.7 Å². The number of hydrogen-bond donors (Lipinski definition) is 3. The minimum absolute atomic E-state index is 0.000389. The zero-order valence-corrected chi connectivity index (χ0v) is 15.7. The van der Waals surface area contributed by atoms with Gasteiger partial charge in [0.05, 0.1) is 17.1 Å². The molecule has 28 heavy (non-hydrogen) atoms. The molecule has 0 spiro atoms. The lowest BCUT2D eigenvalue weighted by Crippen LogP contribution is -2.28. The van der Waals surface area contributed by atoms with E-state index in [9.17, 15) is 5.11 Å². The maximum absolute atomic E-state index is 10.4. The molecular weight excluding hydrogens is 350 g/mol. The van der Waals surface area contributed by atoms with E-state index in [4.69, 9.17) is 5.73 Å². The molecule has 0 unspecified atom stereocenters. The van der Waals surface area contributed by atoms with Crippen molar-refractivity contribution in [3.8, 4) is 16.9 Å². The molecular formula is C22H23N5O. The molecule has 4 aromatic rings. The van der Waals surface area contributed by atoms with E-state index in [0.717, 1.165) is 28.6 Å². The van der Waals surface area contributed by atoms with Crippen molar-refractivity contribution >= 4 is 27.8 Å². The molecule has 1 aliphatic rings. The number of fused-ring (bicyclic) bond motifs is 3. The summed E-state index contributed by atoms with van der Waals surface area (Å²) in [6.45, 7) is 3.41. The number of nitrogen functional groups attached to an aromatic ring is 1. The number of benzene rings is 1. The highest BCUT2D eigenvalue weighted by atomic mass is 16.3. The number of anilines is 1. The predicted molar refractivity (Wildman–Crippen MR) is 112 cm³/mol. The van der Waals surface area contributed by atoms with Crippen LogP contribution in [0.1, 0.15) is 24.8 Å². The Kier molecular flexibility index (Phi) is 4.13. The number of hydrogen-bond acceptors (Lipinski definition) is 5. The van der Waals surface area contributed by atoms with Gasteiger partial charge in [0.2, 0.25) is 0 Å². The van der Waals surface area contributed by atoms with E-state index in [0.29, 0.717) is 11.0 Å². The van der Waals surface area contributed by atoms with E-state index >= 15 is 0 Å². The molecule has 1 aromatic carbocycles. The third kappa shape index (κ3) is 2.96. The van der Waals surface area contributed by atoms with Gasteiger partial charge in [-0.1, -0.05) is 30.7 Å². The molecule has 6 heteroatoms. The molecule has 6 nitrogen and oxygen atoms in total. The van der Waals surface area contributed by atoms with Gasteiger partial charge in [0.25, 0.3) is 0 Å². The maximum atomic E-state index is 10.4. The second-order valence-electron chi connectivity index (χ2n) is 7.56. The van der Waals surface area contributed by atoms with Crippen molar-refractivity contribution < 1.29 is 5.11 Å². The quantitative estimate of drug-likeness (QED) is 0.504. The van der Waals surface area contributed by atoms with E-state index in [1.165, 1.54) is 37.9 Å². The normalized spacial score (nSPS) is 15.4. The number of pyridine rings is 2. The van der Waals surface area contributed by atoms with Crippen molar-refractivity contribution in [2.45, 2.75) is 25.8 Å². The van der Waals surface area contributed by atoms with E-state index < -0.39 is 0 Å². The van der Waals surface area contributed by atoms with E-state index in [1.54, 1.807) is 6.20 Å². The molecule has 1 fully saturated rings. The third-order valence-corrected chi connectivity index (χ3v) is 5.63. The van der Waals surface area contributed by atoms with Crippen LogP contribution in [0.4, 0.5) is 5.82 Å². The van der Waals surface area contributed by atoms with Crippen LogP contribution in [0, 0.1) is 0 Å². The topological polar surface area (TPSA) is 91.1 Å². The Morgan fingerprint density at radius 1 is 1.00 bits per heavy atom. The molecule has 1 saturated heterocycles. The summed E-state index contributed by atoms with van der Waals surface area (Å²) < 4.78 is 0. The van der Waals surface area contributed by atoms with Crippen LogP contribution >= 0.6 is 0 Å². The number of aromatic hydroxyl groups is 1. The zero-order chi connectivity index (χ0) is 19.1. The number of nitrogens with zero attached hydrogens (tertiary/aromatic N) is 3. The van der Waals surface area contributed by atoms with Gasteiger partial charge in [-0.2, -0.15) is 0 Å². The van der Waals surface area contributed by atoms with E-state index in [1.807, 2.05) is 12.3 Å². The summed E-state index contributed by atoms with van der Waals surface area (Å²) in [5, 5.41) is 11.9. The van der Waals surface area contributed by atoms with E-state index in [-0.39, 0.29) is 11.6 Å². The number of rotatable bonds is 3. The van der Waals surface area contributed by atoms with Crippen molar-refractivity contribution in [2.75, 3.05) is 18.8 Å². The summed E-state index contributed by atoms with van der Waals surface area (Å²) >= 11 is 0. The molecule has 0 bridgehead atoms. The first-order valence-electron chi connectivity index (χ1n) is 9.75. The van der Waals surface area contributed by atoms with Crippen LogP contribution in [-0.2, 0) is 6.54 Å². The van der Waals surface area contributed by atoms with Crippen LogP contribution in [0.25, 0.3) is 33.1 Å². The van der Waals surface area contributed by atoms with Crippen molar-refractivity contribution in [1.82, 2.24) is 19.9 Å². The molecule has 1 aliphatic heterocycles. The fraction of sp³-hybridized carbons (Fsp3) is 0.273. The maximum Gasteiger partial charge on any atom is 0.168 e. The summed E-state index contributed by atoms with van der Waals surface area (Å²) in [5.41, 5.74) is 10.7. The lowest BCUT2D eigenvalue weighted by atomic mass is 10.0. The summed E-state index contributed by atoms with van der Waals surface area (Å²) in [6.07, 6.45) is 7.45. The molecule has 142 valence electrons. The second kappa shape index (κ2) is 6.80. The van der Waals surface area contributed by atoms with Gasteiger partial charge in [-0.15, -0.1) is 0 Å². The Hall–Kier alpha value is -3.12. The molecule has 0 saturated carbocycles. The van der Waals surface area contributed by atoms with E-state index in [2.05, 4.69) is 44.1 Å². The number of nitrogens with two attached hydrogens (primary N) is 1. The van der Waals surface area contributed by atoms with Crippen molar-refractivity contribution in [3.63, 3.8) is 0 Å². The first kappa shape index (κ1) is 17.0. The Balaban J connectivity index is 1.48. The Morgan fingerprint density at radius 3 is 2.57 bits per heavy atom. The standard InChI is InChI=1S/C22H23N5O/c23-21-20(28)19-17-10-16(11-25-22(17)26-18(19)12-24-21)15-6-4-14(5-7-15)13-27-8-2-1-3-9-27/h4-7,10-12,28H,1-3,8-9,13H2,(H2,23,24)(H,25,26). The van der Waals surface area contributed by atoms with Crippen LogP contribution in [-0.4, -0.2) is 38.0 Å². The van der Waals surface area contributed by atoms with Crippen LogP contribution in [0.5, 0.6) is 5.75 Å². The lowest BCUT2D eigenvalue weighted by Gasteiger charge is -2.26. The number of piperidine rings is 1. The van der Waals surface area contributed by atoms with Gasteiger partial charge in [-0.25, -0.2) is 9.97 Å². The van der Waals surface area contributed by atoms with Crippen molar-refractivity contribution in [1.29, 1.82) is 0 Å². The Labute approximate surface area is 163 Å². The molecule has 0 aliphatic carbocycles. The average molecular weight is 373 g/mol. The summed E-state index contributed by atoms with van der Waals surface area (Å²) in [6, 6.07) is 10.7. The highest BCUT2D eigenvalue weighted by Gasteiger charge is 2.14. The van der Waals surface area contributed by atoms with Crippen LogP contribution < -0.4 is 5.73 Å². The Morgan fingerprint density at radius 2 is 1.79 bits per heavy atom. The smallest absolute Gasteiger partial charge is 0.168 e. The molecule has 4 N–H and O–H groups in total. The fourth-order valence-electron chi connectivity index (χ4n) is 4.10. The molecule has 5 rings (SSSR count). The molecule has 3 aromatic heterocycles. The SMILES string of the molecule is Nc1ncc2[nH]c3ncc(-c4ccc(CN5CCCCC5)cc4)cc3c2c1O. The fourth-order valence-corrected chi connectivity index (χ4v) is 4.10. The van der Waals surface area contributed by atoms with Gasteiger partial charge >= 0.3 is 0 Å². The summed E-state index contributed by atoms with van der Waals surface area (Å²) in [5.74, 6) is 0.125. The van der Waals surface area contributed by atoms with Gasteiger partial charge < -0.3 is 15.8 Å². The van der Waals surface area contributed by atoms with Gasteiger partial charge in [0.15, 0.2) is 11.6 Å². The number of aromatic amines is 1. The highest BCUT2D eigenvalue weighted by Crippen LogP contribution is 2.36. The first-order valence-corrected chi connectivity index (χ1v) is 9.75. The summed E-state index contributed by atoms with van der Waals surface area (Å²) in [7, 11) is 0. The number of nitrogens with one attached hydrogen (secondary N) is 1. The third-order valence-electron chi connectivity index (χ3n) is 5.63. The average Bonchev–Trinajstić information content (AvgIpc) is 3.10. The van der Waals surface area contributed by atoms with Crippen molar-refractivity contribution in [2.24, 2.45) is 0 Å². The molecule has 0 amide bonds. The van der Waals surface area contributed by atoms with Crippen LogP contribution in [0.3, 0.4) is 0 Å². The van der Waals surface area contributed by atoms with Gasteiger partial charge in [0.1, 0.15) is 5.65 Å². The first-order chi connectivity index (χ1) is 13.7. The summed E-state index contributed by atoms with van der Waals surface area (Å²) in [4.78, 5) is 14.3. The van der Waals surface area contributed by atoms with Gasteiger partial charge in [-0.3, -0.25) is 4.90 Å². The molecule has 4 heterocycles. The minimum atomic E-state index is -0.000389. The highest BCUT2D eigenvalue weighted by molar-refractivity contribution is 6.11. The number of aromatic nitrogens is 3. The predicted octanol–water partition coefficient (Wildman–Crippen LogP) is 4.05. The second-order valence-corrected chi connectivity index (χ2v) is 7.56.